The molecule has 0 aliphatic heterocycles. The van der Waals surface area contributed by atoms with Crippen molar-refractivity contribution < 1.29 is 9.59 Å². The lowest BCUT2D eigenvalue weighted by Crippen LogP contribution is -2.47. The minimum absolute atomic E-state index is 0.0974. The number of hydrogen-bond acceptors (Lipinski definition) is 4. The Bertz CT molecular complexity index is 653. The lowest BCUT2D eigenvalue weighted by Gasteiger charge is -2.31. The molecule has 2 N–H and O–H groups in total. The Morgan fingerprint density at radius 2 is 1.97 bits per heavy atom. The number of nitrogens with one attached hydrogen (secondary N) is 2. The average molecular weight is 485 g/mol. The minimum Gasteiger partial charge on any atom is -0.354 e. The predicted molar refractivity (Wildman–Crippen MR) is 126 cm³/mol. The Kier molecular flexibility index (Phi) is 11.1. The van der Waals surface area contributed by atoms with E-state index in [1.54, 1.807) is 17.8 Å². The summed E-state index contributed by atoms with van der Waals surface area (Å²) in [6, 6.07) is 7.44. The van der Waals surface area contributed by atoms with E-state index < -0.39 is 6.04 Å². The molecular formula is C22H34BrN3O2S. The number of benzene rings is 1. The number of thioether (sulfide) groups is 1. The first-order valence-corrected chi connectivity index (χ1v) is 12.7. The fourth-order valence-electron chi connectivity index (χ4n) is 3.75. The first-order chi connectivity index (χ1) is 14.0. The molecule has 1 atom stereocenters. The predicted octanol–water partition coefficient (Wildman–Crippen LogP) is 4.07. The van der Waals surface area contributed by atoms with Gasteiger partial charge in [0.2, 0.25) is 5.91 Å². The molecule has 1 aromatic carbocycles. The van der Waals surface area contributed by atoms with Gasteiger partial charge in [0.15, 0.2) is 0 Å². The highest BCUT2D eigenvalue weighted by Gasteiger charge is 2.22. The van der Waals surface area contributed by atoms with Crippen LogP contribution in [0.5, 0.6) is 0 Å². The Morgan fingerprint density at radius 3 is 2.66 bits per heavy atom. The van der Waals surface area contributed by atoms with Gasteiger partial charge in [-0.15, -0.1) is 0 Å². The van der Waals surface area contributed by atoms with Crippen molar-refractivity contribution in [3.63, 3.8) is 0 Å². The highest BCUT2D eigenvalue weighted by Crippen LogP contribution is 2.21. The van der Waals surface area contributed by atoms with Gasteiger partial charge in [0.1, 0.15) is 6.04 Å². The fraction of sp³-hybridized carbons (Fsp3) is 0.636. The van der Waals surface area contributed by atoms with Crippen LogP contribution < -0.4 is 10.6 Å². The third-order valence-corrected chi connectivity index (χ3v) is 6.87. The van der Waals surface area contributed by atoms with Gasteiger partial charge in [-0.1, -0.05) is 31.4 Å². The van der Waals surface area contributed by atoms with Gasteiger partial charge in [-0.25, -0.2) is 0 Å². The number of rotatable bonds is 11. The number of halogens is 1. The summed E-state index contributed by atoms with van der Waals surface area (Å²) in [4.78, 5) is 27.7. The van der Waals surface area contributed by atoms with E-state index in [1.165, 1.54) is 32.1 Å². The van der Waals surface area contributed by atoms with Gasteiger partial charge < -0.3 is 15.5 Å². The first-order valence-electron chi connectivity index (χ1n) is 10.5. The van der Waals surface area contributed by atoms with E-state index in [0.29, 0.717) is 24.6 Å². The molecule has 1 aliphatic carbocycles. The van der Waals surface area contributed by atoms with Gasteiger partial charge in [-0.05, 0) is 79.3 Å². The van der Waals surface area contributed by atoms with Gasteiger partial charge in [0.25, 0.3) is 5.91 Å². The Morgan fingerprint density at radius 1 is 1.24 bits per heavy atom. The molecule has 162 valence electrons. The summed E-state index contributed by atoms with van der Waals surface area (Å²) in [5.74, 6) is 0.495. The topological polar surface area (TPSA) is 61.4 Å². The van der Waals surface area contributed by atoms with Gasteiger partial charge in [-0.2, -0.15) is 11.8 Å². The van der Waals surface area contributed by atoms with E-state index in [9.17, 15) is 9.59 Å². The van der Waals surface area contributed by atoms with Crippen LogP contribution >= 0.6 is 27.7 Å². The highest BCUT2D eigenvalue weighted by molar-refractivity contribution is 9.10. The zero-order valence-corrected chi connectivity index (χ0v) is 20.0. The number of hydrogen-bond donors (Lipinski definition) is 2. The second-order valence-electron chi connectivity index (χ2n) is 7.70. The van der Waals surface area contributed by atoms with E-state index in [4.69, 9.17) is 0 Å². The molecule has 0 aromatic heterocycles. The van der Waals surface area contributed by atoms with Gasteiger partial charge in [0.05, 0.1) is 5.56 Å². The molecule has 0 bridgehead atoms. The maximum absolute atomic E-state index is 12.7. The highest BCUT2D eigenvalue weighted by atomic mass is 79.9. The smallest absolute Gasteiger partial charge is 0.253 e. The largest absolute Gasteiger partial charge is 0.354 e. The lowest BCUT2D eigenvalue weighted by atomic mass is 9.94. The lowest BCUT2D eigenvalue weighted by molar-refractivity contribution is -0.123. The summed E-state index contributed by atoms with van der Waals surface area (Å²) in [6.45, 7) is 1.63. The summed E-state index contributed by atoms with van der Waals surface area (Å²) in [5, 5.41) is 5.93. The van der Waals surface area contributed by atoms with E-state index in [0.717, 1.165) is 23.2 Å². The van der Waals surface area contributed by atoms with E-state index >= 15 is 0 Å². The molecule has 7 heteroatoms. The number of nitrogens with zero attached hydrogens (tertiary/aromatic N) is 1. The third-order valence-electron chi connectivity index (χ3n) is 5.54. The van der Waals surface area contributed by atoms with E-state index in [1.807, 2.05) is 24.5 Å². The maximum atomic E-state index is 12.7. The molecule has 0 spiro atoms. The zero-order chi connectivity index (χ0) is 21.1. The SMILES string of the molecule is CSCCC(NC(=O)c1ccccc1Br)C(=O)NCCCN(C)C1CCCCC1. The molecule has 2 rings (SSSR count). The number of amides is 2. The second-order valence-corrected chi connectivity index (χ2v) is 9.54. The van der Waals surface area contributed by atoms with Crippen molar-refractivity contribution in [2.24, 2.45) is 0 Å². The van der Waals surface area contributed by atoms with Crippen molar-refractivity contribution in [1.29, 1.82) is 0 Å². The molecule has 0 heterocycles. The Hall–Kier alpha value is -1.05. The van der Waals surface area contributed by atoms with Crippen molar-refractivity contribution in [3.8, 4) is 0 Å². The van der Waals surface area contributed by atoms with Crippen LogP contribution in [0, 0.1) is 0 Å². The zero-order valence-electron chi connectivity index (χ0n) is 17.6. The third kappa shape index (κ3) is 8.30. The van der Waals surface area contributed by atoms with Crippen LogP contribution in [-0.4, -0.2) is 60.9 Å². The normalized spacial score (nSPS) is 15.9. The Balaban J connectivity index is 1.80. The van der Waals surface area contributed by atoms with Crippen LogP contribution in [0.15, 0.2) is 28.7 Å². The summed E-state index contributed by atoms with van der Waals surface area (Å²) in [7, 11) is 2.19. The molecule has 5 nitrogen and oxygen atoms in total. The number of carbonyl (C=O) groups is 2. The average Bonchev–Trinajstić information content (AvgIpc) is 2.74. The molecule has 0 radical (unpaired) electrons. The van der Waals surface area contributed by atoms with Gasteiger partial charge in [0, 0.05) is 17.1 Å². The van der Waals surface area contributed by atoms with Crippen molar-refractivity contribution in [3.05, 3.63) is 34.3 Å². The molecule has 1 aliphatic rings. The van der Waals surface area contributed by atoms with Crippen LogP contribution in [0.3, 0.4) is 0 Å². The van der Waals surface area contributed by atoms with Crippen LogP contribution in [0.2, 0.25) is 0 Å². The Labute approximate surface area is 187 Å². The van der Waals surface area contributed by atoms with E-state index in [-0.39, 0.29) is 11.8 Å². The molecule has 2 amide bonds. The summed E-state index contributed by atoms with van der Waals surface area (Å²) in [5.41, 5.74) is 0.545. The monoisotopic (exact) mass is 483 g/mol. The quantitative estimate of drug-likeness (QED) is 0.465. The molecule has 1 fully saturated rings. The molecule has 0 saturated heterocycles. The molecule has 1 aromatic rings. The summed E-state index contributed by atoms with van der Waals surface area (Å²) in [6.07, 6.45) is 10.2. The van der Waals surface area contributed by atoms with Gasteiger partial charge >= 0.3 is 0 Å². The molecule has 1 unspecified atom stereocenters. The maximum Gasteiger partial charge on any atom is 0.253 e. The van der Waals surface area contributed by atoms with Crippen molar-refractivity contribution in [1.82, 2.24) is 15.5 Å². The van der Waals surface area contributed by atoms with Crippen LogP contribution in [0.4, 0.5) is 0 Å². The minimum atomic E-state index is -0.516. The van der Waals surface area contributed by atoms with Crippen molar-refractivity contribution in [2.45, 2.75) is 57.0 Å². The van der Waals surface area contributed by atoms with Crippen LogP contribution in [0.25, 0.3) is 0 Å². The molecular weight excluding hydrogens is 450 g/mol. The molecule has 1 saturated carbocycles. The molecule has 29 heavy (non-hydrogen) atoms. The standard InChI is InChI=1S/C22H34BrN3O2S/c1-26(17-9-4-3-5-10-17)15-8-14-24-22(28)20(13-16-29-2)25-21(27)18-11-6-7-12-19(18)23/h6-7,11-12,17,20H,3-5,8-10,13-16H2,1-2H3,(H,24,28)(H,25,27). The van der Waals surface area contributed by atoms with Crippen molar-refractivity contribution in [2.75, 3.05) is 32.1 Å². The van der Waals surface area contributed by atoms with Crippen molar-refractivity contribution >= 4 is 39.5 Å². The summed E-state index contributed by atoms with van der Waals surface area (Å²) < 4.78 is 0.729. The second kappa shape index (κ2) is 13.3. The fourth-order valence-corrected chi connectivity index (χ4v) is 4.69. The van der Waals surface area contributed by atoms with Crippen LogP contribution in [-0.2, 0) is 4.79 Å². The van der Waals surface area contributed by atoms with E-state index in [2.05, 4.69) is 38.5 Å². The van der Waals surface area contributed by atoms with Gasteiger partial charge in [-0.3, -0.25) is 9.59 Å². The number of carbonyl (C=O) groups excluding carboxylic acids is 2. The summed E-state index contributed by atoms with van der Waals surface area (Å²) >= 11 is 5.08. The van der Waals surface area contributed by atoms with Crippen LogP contribution in [0.1, 0.15) is 55.3 Å². The first kappa shape index (κ1) is 24.2.